The number of aryl methyl sites for hydroxylation is 2. The summed E-state index contributed by atoms with van der Waals surface area (Å²) in [4.78, 5) is 20.0. The molecule has 0 amide bonds. The highest BCUT2D eigenvalue weighted by Crippen LogP contribution is 2.35. The summed E-state index contributed by atoms with van der Waals surface area (Å²) < 4.78 is 0. The molecule has 1 aromatic heterocycles. The predicted octanol–water partition coefficient (Wildman–Crippen LogP) is 5.95. The number of rotatable bonds is 7. The lowest BCUT2D eigenvalue weighted by molar-refractivity contribution is -0.383. The van der Waals surface area contributed by atoms with Crippen LogP contribution in [0.3, 0.4) is 0 Å². The molecular weight excluding hydrogens is 402 g/mol. The van der Waals surface area contributed by atoms with Crippen LogP contribution in [0.2, 0.25) is 0 Å². The summed E-state index contributed by atoms with van der Waals surface area (Å²) in [6, 6.07) is 25.1. The summed E-state index contributed by atoms with van der Waals surface area (Å²) >= 11 is 0. The van der Waals surface area contributed by atoms with Crippen LogP contribution in [-0.4, -0.2) is 14.9 Å². The highest BCUT2D eigenvalue weighted by molar-refractivity contribution is 5.75. The molecule has 0 atom stereocenters. The number of nitro groups is 1. The maximum Gasteiger partial charge on any atom is 0.353 e. The van der Waals surface area contributed by atoms with Crippen molar-refractivity contribution in [2.75, 3.05) is 10.6 Å². The lowest BCUT2D eigenvalue weighted by atomic mass is 9.99. The summed E-state index contributed by atoms with van der Waals surface area (Å²) in [5.41, 5.74) is 4.50. The second-order valence-electron chi connectivity index (χ2n) is 7.52. The Labute approximate surface area is 186 Å². The number of benzene rings is 3. The lowest BCUT2D eigenvalue weighted by Crippen LogP contribution is -2.15. The minimum absolute atomic E-state index is 0.140. The molecule has 0 bridgehead atoms. The molecule has 7 nitrogen and oxygen atoms in total. The van der Waals surface area contributed by atoms with E-state index in [1.54, 1.807) is 0 Å². The highest BCUT2D eigenvalue weighted by Gasteiger charge is 2.26. The maximum atomic E-state index is 12.1. The Hall–Kier alpha value is -4.26. The van der Waals surface area contributed by atoms with Crippen LogP contribution in [0, 0.1) is 24.0 Å². The van der Waals surface area contributed by atoms with Crippen LogP contribution >= 0.6 is 0 Å². The molecular formula is C25H23N5O2. The molecule has 0 saturated heterocycles. The van der Waals surface area contributed by atoms with Gasteiger partial charge in [0.15, 0.2) is 0 Å². The van der Waals surface area contributed by atoms with E-state index in [0.29, 0.717) is 0 Å². The second-order valence-corrected chi connectivity index (χ2v) is 7.52. The SMILES string of the molecule is Cc1ccc(C)c(Nc2ncnc(NC(c3ccccc3)c3ccccc3)c2[N+](=O)[O-])c1. The van der Waals surface area contributed by atoms with Crippen molar-refractivity contribution < 1.29 is 4.92 Å². The number of aromatic nitrogens is 2. The zero-order valence-electron chi connectivity index (χ0n) is 17.8. The predicted molar refractivity (Wildman–Crippen MR) is 126 cm³/mol. The number of nitrogens with zero attached hydrogens (tertiary/aromatic N) is 3. The van der Waals surface area contributed by atoms with Gasteiger partial charge in [0.2, 0.25) is 11.6 Å². The molecule has 0 spiro atoms. The van der Waals surface area contributed by atoms with Crippen LogP contribution in [0.25, 0.3) is 0 Å². The monoisotopic (exact) mass is 425 g/mol. The van der Waals surface area contributed by atoms with Gasteiger partial charge in [-0.2, -0.15) is 0 Å². The number of anilines is 3. The topological polar surface area (TPSA) is 93.0 Å². The first-order chi connectivity index (χ1) is 15.5. The first-order valence-electron chi connectivity index (χ1n) is 10.2. The molecule has 0 radical (unpaired) electrons. The molecule has 4 rings (SSSR count). The molecule has 0 fully saturated rings. The Bertz CT molecular complexity index is 1190. The lowest BCUT2D eigenvalue weighted by Gasteiger charge is -2.21. The zero-order chi connectivity index (χ0) is 22.5. The van der Waals surface area contributed by atoms with Gasteiger partial charge in [-0.05, 0) is 42.2 Å². The van der Waals surface area contributed by atoms with E-state index in [1.165, 1.54) is 6.33 Å². The summed E-state index contributed by atoms with van der Waals surface area (Å²) in [6.45, 7) is 3.91. The van der Waals surface area contributed by atoms with Gasteiger partial charge in [-0.3, -0.25) is 10.1 Å². The van der Waals surface area contributed by atoms with Crippen LogP contribution in [-0.2, 0) is 0 Å². The third kappa shape index (κ3) is 4.57. The fraction of sp³-hybridized carbons (Fsp3) is 0.120. The highest BCUT2D eigenvalue weighted by atomic mass is 16.6. The van der Waals surface area contributed by atoms with Crippen molar-refractivity contribution >= 4 is 23.0 Å². The van der Waals surface area contributed by atoms with Crippen molar-refractivity contribution in [2.24, 2.45) is 0 Å². The van der Waals surface area contributed by atoms with E-state index < -0.39 is 4.92 Å². The van der Waals surface area contributed by atoms with Gasteiger partial charge in [0.25, 0.3) is 0 Å². The van der Waals surface area contributed by atoms with E-state index >= 15 is 0 Å². The smallest absolute Gasteiger partial charge is 0.353 e. The Morgan fingerprint density at radius 3 is 2.03 bits per heavy atom. The van der Waals surface area contributed by atoms with E-state index in [9.17, 15) is 10.1 Å². The molecule has 1 heterocycles. The van der Waals surface area contributed by atoms with Gasteiger partial charge in [0.1, 0.15) is 6.33 Å². The Morgan fingerprint density at radius 2 is 1.44 bits per heavy atom. The van der Waals surface area contributed by atoms with E-state index in [0.717, 1.165) is 27.9 Å². The largest absolute Gasteiger partial charge is 0.353 e. The zero-order valence-corrected chi connectivity index (χ0v) is 17.8. The van der Waals surface area contributed by atoms with Gasteiger partial charge in [0, 0.05) is 5.69 Å². The van der Waals surface area contributed by atoms with Crippen LogP contribution in [0.1, 0.15) is 28.3 Å². The van der Waals surface area contributed by atoms with Crippen LogP contribution in [0.4, 0.5) is 23.0 Å². The van der Waals surface area contributed by atoms with E-state index in [2.05, 4.69) is 20.6 Å². The van der Waals surface area contributed by atoms with Gasteiger partial charge < -0.3 is 10.6 Å². The summed E-state index contributed by atoms with van der Waals surface area (Å²) in [7, 11) is 0. The summed E-state index contributed by atoms with van der Waals surface area (Å²) in [5.74, 6) is 0.289. The molecule has 0 unspecified atom stereocenters. The average molecular weight is 425 g/mol. The quantitative estimate of drug-likeness (QED) is 0.281. The van der Waals surface area contributed by atoms with Crippen LogP contribution in [0.5, 0.6) is 0 Å². The third-order valence-electron chi connectivity index (χ3n) is 5.20. The number of hydrogen-bond acceptors (Lipinski definition) is 6. The summed E-state index contributed by atoms with van der Waals surface area (Å²) in [6.07, 6.45) is 1.33. The van der Waals surface area contributed by atoms with Crippen LogP contribution < -0.4 is 10.6 Å². The van der Waals surface area contributed by atoms with E-state index in [4.69, 9.17) is 0 Å². The Kier molecular flexibility index (Phi) is 6.07. The molecule has 3 aromatic carbocycles. The standard InChI is InChI=1S/C25H23N5O2/c1-17-13-14-18(2)21(15-17)28-24-23(30(31)32)25(27-16-26-24)29-22(19-9-5-3-6-10-19)20-11-7-4-8-12-20/h3-16,22H,1-2H3,(H2,26,27,28,29). The van der Waals surface area contributed by atoms with Crippen molar-refractivity contribution in [3.63, 3.8) is 0 Å². The van der Waals surface area contributed by atoms with E-state index in [1.807, 2.05) is 92.7 Å². The minimum atomic E-state index is -0.456. The molecule has 0 aliphatic rings. The molecule has 7 heteroatoms. The molecule has 32 heavy (non-hydrogen) atoms. The van der Waals surface area contributed by atoms with Crippen molar-refractivity contribution in [2.45, 2.75) is 19.9 Å². The second kappa shape index (κ2) is 9.26. The van der Waals surface area contributed by atoms with Gasteiger partial charge in [-0.15, -0.1) is 0 Å². The maximum absolute atomic E-state index is 12.1. The van der Waals surface area contributed by atoms with Crippen molar-refractivity contribution in [3.05, 3.63) is 118 Å². The van der Waals surface area contributed by atoms with Crippen LogP contribution in [0.15, 0.2) is 85.2 Å². The molecule has 160 valence electrons. The van der Waals surface area contributed by atoms with Crippen molar-refractivity contribution in [1.82, 2.24) is 9.97 Å². The summed E-state index contributed by atoms with van der Waals surface area (Å²) in [5, 5.41) is 18.5. The molecule has 0 aliphatic carbocycles. The van der Waals surface area contributed by atoms with E-state index in [-0.39, 0.29) is 23.4 Å². The Morgan fingerprint density at radius 1 is 0.844 bits per heavy atom. The minimum Gasteiger partial charge on any atom is -0.353 e. The van der Waals surface area contributed by atoms with Gasteiger partial charge in [-0.25, -0.2) is 9.97 Å². The fourth-order valence-corrected chi connectivity index (χ4v) is 3.53. The van der Waals surface area contributed by atoms with Gasteiger partial charge in [0.05, 0.1) is 11.0 Å². The van der Waals surface area contributed by atoms with Crippen molar-refractivity contribution in [3.8, 4) is 0 Å². The Balaban J connectivity index is 1.76. The fourth-order valence-electron chi connectivity index (χ4n) is 3.53. The average Bonchev–Trinajstić information content (AvgIpc) is 2.81. The first-order valence-corrected chi connectivity index (χ1v) is 10.2. The molecule has 0 aliphatic heterocycles. The molecule has 4 aromatic rings. The molecule has 0 saturated carbocycles. The van der Waals surface area contributed by atoms with Gasteiger partial charge in [-0.1, -0.05) is 72.8 Å². The molecule has 2 N–H and O–H groups in total. The van der Waals surface area contributed by atoms with Gasteiger partial charge >= 0.3 is 5.69 Å². The first kappa shape index (κ1) is 21.0. The van der Waals surface area contributed by atoms with Crippen molar-refractivity contribution in [1.29, 1.82) is 0 Å². The third-order valence-corrected chi connectivity index (χ3v) is 5.20. The normalized spacial score (nSPS) is 10.7. The number of nitrogens with one attached hydrogen (secondary N) is 2. The number of hydrogen-bond donors (Lipinski definition) is 2.